The number of H-pyrrole nitrogens is 2. The SMILES string of the molecule is FC1(F)CC[C@H](c2ncc(-c3ccc(-c4ccc5c(ccc6[nH]c([C@@H]7CC(F)(F)CN7)nc65)c4)cc3)[nH]2)C1. The molecule has 1 saturated heterocycles. The lowest BCUT2D eigenvalue weighted by Gasteiger charge is -2.08. The van der Waals surface area contributed by atoms with Gasteiger partial charge in [-0.2, -0.15) is 0 Å². The van der Waals surface area contributed by atoms with Crippen molar-refractivity contribution in [2.45, 2.75) is 49.5 Å². The number of nitrogens with one attached hydrogen (secondary N) is 3. The Hall–Kier alpha value is -3.72. The number of imidazole rings is 2. The molecule has 7 rings (SSSR count). The Labute approximate surface area is 215 Å². The van der Waals surface area contributed by atoms with Crippen LogP contribution in [0.4, 0.5) is 17.6 Å². The minimum atomic E-state index is -2.72. The predicted octanol–water partition coefficient (Wildman–Crippen LogP) is 7.35. The summed E-state index contributed by atoms with van der Waals surface area (Å²) in [6, 6.07) is 17.6. The van der Waals surface area contributed by atoms with Crippen molar-refractivity contribution in [1.82, 2.24) is 25.3 Å². The van der Waals surface area contributed by atoms with Crippen LogP contribution in [0.2, 0.25) is 0 Å². The highest BCUT2D eigenvalue weighted by atomic mass is 19.3. The molecule has 194 valence electrons. The van der Waals surface area contributed by atoms with Crippen molar-refractivity contribution in [3.63, 3.8) is 0 Å². The van der Waals surface area contributed by atoms with E-state index in [1.54, 1.807) is 6.20 Å². The van der Waals surface area contributed by atoms with E-state index in [0.717, 1.165) is 44.2 Å². The van der Waals surface area contributed by atoms with E-state index >= 15 is 0 Å². The van der Waals surface area contributed by atoms with Gasteiger partial charge in [0.15, 0.2) is 0 Å². The number of hydrogen-bond donors (Lipinski definition) is 3. The third-order valence-electron chi connectivity index (χ3n) is 7.84. The Balaban J connectivity index is 1.14. The third kappa shape index (κ3) is 4.15. The van der Waals surface area contributed by atoms with E-state index in [1.165, 1.54) is 0 Å². The summed E-state index contributed by atoms with van der Waals surface area (Å²) in [5, 5.41) is 4.82. The van der Waals surface area contributed by atoms with Crippen LogP contribution in [0.1, 0.15) is 49.3 Å². The summed E-state index contributed by atoms with van der Waals surface area (Å²) in [6.07, 6.45) is 1.65. The molecule has 5 aromatic rings. The van der Waals surface area contributed by atoms with E-state index < -0.39 is 17.9 Å². The average Bonchev–Trinajstić information content (AvgIpc) is 3.69. The first-order valence-corrected chi connectivity index (χ1v) is 12.8. The maximum Gasteiger partial charge on any atom is 0.262 e. The molecule has 2 atom stereocenters. The van der Waals surface area contributed by atoms with Gasteiger partial charge in [-0.05, 0) is 40.6 Å². The second kappa shape index (κ2) is 8.39. The van der Waals surface area contributed by atoms with Gasteiger partial charge in [0.05, 0.1) is 35.5 Å². The van der Waals surface area contributed by atoms with Crippen LogP contribution in [0.15, 0.2) is 60.8 Å². The van der Waals surface area contributed by atoms with Gasteiger partial charge in [0.2, 0.25) is 5.92 Å². The molecule has 0 spiro atoms. The van der Waals surface area contributed by atoms with E-state index in [2.05, 4.69) is 31.3 Å². The van der Waals surface area contributed by atoms with Crippen molar-refractivity contribution in [3.05, 3.63) is 72.4 Å². The Morgan fingerprint density at radius 3 is 2.32 bits per heavy atom. The van der Waals surface area contributed by atoms with Crippen molar-refractivity contribution < 1.29 is 17.6 Å². The van der Waals surface area contributed by atoms with Crippen LogP contribution in [0.3, 0.4) is 0 Å². The van der Waals surface area contributed by atoms with Gasteiger partial charge in [0, 0.05) is 30.6 Å². The second-order valence-corrected chi connectivity index (χ2v) is 10.6. The van der Waals surface area contributed by atoms with E-state index in [1.807, 2.05) is 48.5 Å². The zero-order valence-corrected chi connectivity index (χ0v) is 20.4. The number of halogens is 4. The van der Waals surface area contributed by atoms with E-state index in [-0.39, 0.29) is 31.7 Å². The van der Waals surface area contributed by atoms with Crippen LogP contribution in [0.5, 0.6) is 0 Å². The molecule has 2 aromatic heterocycles. The first kappa shape index (κ1) is 23.4. The van der Waals surface area contributed by atoms with Crippen LogP contribution in [-0.4, -0.2) is 38.3 Å². The number of aromatic amines is 2. The van der Waals surface area contributed by atoms with E-state index in [9.17, 15) is 17.6 Å². The fraction of sp³-hybridized carbons (Fsp3) is 0.310. The van der Waals surface area contributed by atoms with E-state index in [4.69, 9.17) is 0 Å². The molecule has 2 fully saturated rings. The predicted molar refractivity (Wildman–Crippen MR) is 138 cm³/mol. The topological polar surface area (TPSA) is 69.4 Å². The number of nitrogens with zero attached hydrogens (tertiary/aromatic N) is 2. The minimum Gasteiger partial charge on any atom is -0.342 e. The molecule has 38 heavy (non-hydrogen) atoms. The Kier molecular flexibility index (Phi) is 5.17. The summed E-state index contributed by atoms with van der Waals surface area (Å²) in [5.74, 6) is -4.39. The van der Waals surface area contributed by atoms with Crippen molar-refractivity contribution in [2.75, 3.05) is 6.54 Å². The normalized spacial score (nSPS) is 22.5. The summed E-state index contributed by atoms with van der Waals surface area (Å²) in [6.45, 7) is -0.335. The van der Waals surface area contributed by atoms with Crippen LogP contribution in [0, 0.1) is 0 Å². The lowest BCUT2D eigenvalue weighted by molar-refractivity contribution is 0.00752. The van der Waals surface area contributed by atoms with Gasteiger partial charge in [-0.3, -0.25) is 0 Å². The summed E-state index contributed by atoms with van der Waals surface area (Å²) in [7, 11) is 0. The fourth-order valence-electron chi connectivity index (χ4n) is 5.79. The molecule has 0 bridgehead atoms. The lowest BCUT2D eigenvalue weighted by atomic mass is 9.99. The summed E-state index contributed by atoms with van der Waals surface area (Å²) in [5.41, 5.74) is 5.41. The summed E-state index contributed by atoms with van der Waals surface area (Å²) in [4.78, 5) is 15.5. The molecule has 3 heterocycles. The maximum absolute atomic E-state index is 13.7. The Morgan fingerprint density at radius 1 is 0.789 bits per heavy atom. The minimum absolute atomic E-state index is 0.0857. The highest BCUT2D eigenvalue weighted by Crippen LogP contribution is 2.43. The van der Waals surface area contributed by atoms with Gasteiger partial charge in [0.1, 0.15) is 11.6 Å². The first-order valence-electron chi connectivity index (χ1n) is 12.8. The van der Waals surface area contributed by atoms with Crippen molar-refractivity contribution >= 4 is 21.8 Å². The summed E-state index contributed by atoms with van der Waals surface area (Å²) >= 11 is 0. The fourth-order valence-corrected chi connectivity index (χ4v) is 5.79. The molecular formula is C29H25F4N5. The van der Waals surface area contributed by atoms with Crippen LogP contribution >= 0.6 is 0 Å². The molecule has 9 heteroatoms. The number of fused-ring (bicyclic) bond motifs is 3. The molecule has 5 nitrogen and oxygen atoms in total. The zero-order valence-electron chi connectivity index (χ0n) is 20.4. The smallest absolute Gasteiger partial charge is 0.262 e. The van der Waals surface area contributed by atoms with Crippen molar-refractivity contribution in [3.8, 4) is 22.4 Å². The molecular weight excluding hydrogens is 494 g/mol. The number of alkyl halides is 4. The average molecular weight is 520 g/mol. The van der Waals surface area contributed by atoms with Gasteiger partial charge in [-0.15, -0.1) is 0 Å². The first-order chi connectivity index (χ1) is 18.2. The standard InChI is InChI=1S/C29H25F4N5/c30-28(31)10-9-20(12-28)26-34-14-24(37-26)17-3-1-16(2-4-17)18-5-7-21-19(11-18)6-8-22-25(21)38-27(36-22)23-13-29(32,33)15-35-23/h1-8,11,14,20,23,35H,9-10,12-13,15H2,(H,34,37)(H,36,38)/t20-,23-/m0/s1. The third-order valence-corrected chi connectivity index (χ3v) is 7.84. The van der Waals surface area contributed by atoms with Crippen LogP contribution < -0.4 is 5.32 Å². The lowest BCUT2D eigenvalue weighted by Crippen LogP contribution is -2.19. The molecule has 0 radical (unpaired) electrons. The number of benzene rings is 3. The second-order valence-electron chi connectivity index (χ2n) is 10.6. The number of aromatic nitrogens is 4. The van der Waals surface area contributed by atoms with Gasteiger partial charge in [-0.1, -0.05) is 42.5 Å². The van der Waals surface area contributed by atoms with Gasteiger partial charge in [-0.25, -0.2) is 27.5 Å². The highest BCUT2D eigenvalue weighted by molar-refractivity contribution is 6.05. The molecule has 1 aliphatic heterocycles. The molecule has 1 aliphatic carbocycles. The Morgan fingerprint density at radius 2 is 1.58 bits per heavy atom. The van der Waals surface area contributed by atoms with Crippen molar-refractivity contribution in [2.24, 2.45) is 0 Å². The maximum atomic E-state index is 13.7. The molecule has 2 aliphatic rings. The molecule has 1 saturated carbocycles. The number of rotatable bonds is 4. The van der Waals surface area contributed by atoms with Gasteiger partial charge >= 0.3 is 0 Å². The van der Waals surface area contributed by atoms with Gasteiger partial charge < -0.3 is 15.3 Å². The monoisotopic (exact) mass is 519 g/mol. The zero-order chi connectivity index (χ0) is 26.1. The van der Waals surface area contributed by atoms with E-state index in [0.29, 0.717) is 18.1 Å². The highest BCUT2D eigenvalue weighted by Gasteiger charge is 2.42. The van der Waals surface area contributed by atoms with Gasteiger partial charge in [0.25, 0.3) is 5.92 Å². The molecule has 0 unspecified atom stereocenters. The van der Waals surface area contributed by atoms with Crippen LogP contribution in [-0.2, 0) is 0 Å². The molecule has 3 N–H and O–H groups in total. The molecule has 0 amide bonds. The quantitative estimate of drug-likeness (QED) is 0.218. The Bertz CT molecular complexity index is 1650. The van der Waals surface area contributed by atoms with Crippen LogP contribution in [0.25, 0.3) is 44.2 Å². The largest absolute Gasteiger partial charge is 0.342 e. The summed E-state index contributed by atoms with van der Waals surface area (Å²) < 4.78 is 54.6. The molecule has 3 aromatic carbocycles. The van der Waals surface area contributed by atoms with Crippen molar-refractivity contribution in [1.29, 1.82) is 0 Å². The number of hydrogen-bond acceptors (Lipinski definition) is 3.